The van der Waals surface area contributed by atoms with Crippen LogP contribution in [0.3, 0.4) is 0 Å². The minimum atomic E-state index is -0.505. The zero-order chi connectivity index (χ0) is 19.4. The van der Waals surface area contributed by atoms with E-state index in [1.165, 1.54) is 12.1 Å². The summed E-state index contributed by atoms with van der Waals surface area (Å²) in [6, 6.07) is 17.4. The van der Waals surface area contributed by atoms with Crippen molar-refractivity contribution in [3.63, 3.8) is 0 Å². The molecule has 1 heterocycles. The Morgan fingerprint density at radius 1 is 1.11 bits per heavy atom. The van der Waals surface area contributed by atoms with Crippen molar-refractivity contribution in [3.8, 4) is 11.4 Å². The highest BCUT2D eigenvalue weighted by Gasteiger charge is 2.21. The van der Waals surface area contributed by atoms with Gasteiger partial charge in [0, 0.05) is 11.5 Å². The molecule has 5 nitrogen and oxygen atoms in total. The van der Waals surface area contributed by atoms with Gasteiger partial charge >= 0.3 is 0 Å². The van der Waals surface area contributed by atoms with Crippen molar-refractivity contribution < 1.29 is 13.9 Å². The zero-order valence-electron chi connectivity index (χ0n) is 15.6. The van der Waals surface area contributed by atoms with Crippen LogP contribution in [0.25, 0.3) is 5.69 Å². The fourth-order valence-electron chi connectivity index (χ4n) is 2.49. The minimum absolute atomic E-state index is 0.0413. The fraction of sp³-hybridized carbons (Fsp3) is 0.238. The van der Waals surface area contributed by atoms with Gasteiger partial charge in [0.2, 0.25) is 0 Å². The molecule has 0 spiro atoms. The van der Waals surface area contributed by atoms with Crippen LogP contribution in [0.1, 0.15) is 26.5 Å². The number of para-hydroxylation sites is 2. The van der Waals surface area contributed by atoms with Crippen LogP contribution < -0.4 is 10.1 Å². The molecule has 1 N–H and O–H groups in total. The third-order valence-corrected chi connectivity index (χ3v) is 3.94. The topological polar surface area (TPSA) is 56.1 Å². The summed E-state index contributed by atoms with van der Waals surface area (Å²) in [6.45, 7) is 5.86. The van der Waals surface area contributed by atoms with Crippen LogP contribution in [0.5, 0.6) is 5.75 Å². The molecule has 0 aliphatic heterocycles. The molecule has 6 heteroatoms. The van der Waals surface area contributed by atoms with E-state index >= 15 is 0 Å². The third kappa shape index (κ3) is 4.53. The monoisotopic (exact) mass is 367 g/mol. The van der Waals surface area contributed by atoms with Gasteiger partial charge in [0.25, 0.3) is 5.91 Å². The molecule has 3 aromatic rings. The molecule has 0 unspecified atom stereocenters. The molecule has 0 aliphatic rings. The first-order valence-corrected chi connectivity index (χ1v) is 8.68. The third-order valence-electron chi connectivity index (χ3n) is 3.94. The molecule has 0 aliphatic carbocycles. The number of benzene rings is 2. The molecule has 27 heavy (non-hydrogen) atoms. The average Bonchev–Trinajstić information content (AvgIpc) is 3.06. The predicted octanol–water partition coefficient (Wildman–Crippen LogP) is 4.33. The molecule has 0 bridgehead atoms. The Balaban J connectivity index is 1.80. The van der Waals surface area contributed by atoms with Gasteiger partial charge in [-0.3, -0.25) is 4.79 Å². The summed E-state index contributed by atoms with van der Waals surface area (Å²) >= 11 is 0. The van der Waals surface area contributed by atoms with Crippen LogP contribution in [0.2, 0.25) is 0 Å². The van der Waals surface area contributed by atoms with Crippen LogP contribution >= 0.6 is 0 Å². The highest BCUT2D eigenvalue weighted by atomic mass is 19.1. The molecule has 0 atom stereocenters. The Morgan fingerprint density at radius 2 is 1.78 bits per heavy atom. The van der Waals surface area contributed by atoms with Gasteiger partial charge in [0.15, 0.2) is 18.2 Å². The highest BCUT2D eigenvalue weighted by Crippen LogP contribution is 2.26. The summed E-state index contributed by atoms with van der Waals surface area (Å²) in [5.74, 6) is -0.321. The van der Waals surface area contributed by atoms with Crippen LogP contribution in [0, 0.1) is 5.82 Å². The SMILES string of the molecule is CC(C)(C)c1cc(NC(=O)COc2ccccc2F)n(-c2ccccc2)n1. The van der Waals surface area contributed by atoms with Gasteiger partial charge in [-0.2, -0.15) is 5.10 Å². The summed E-state index contributed by atoms with van der Waals surface area (Å²) in [4.78, 5) is 12.3. The van der Waals surface area contributed by atoms with Gasteiger partial charge in [-0.15, -0.1) is 0 Å². The summed E-state index contributed by atoms with van der Waals surface area (Å²) in [6.07, 6.45) is 0. The molecule has 0 saturated heterocycles. The van der Waals surface area contributed by atoms with E-state index in [2.05, 4.69) is 31.2 Å². The van der Waals surface area contributed by atoms with Gasteiger partial charge < -0.3 is 10.1 Å². The number of halogens is 1. The Labute approximate surface area is 157 Å². The number of aromatic nitrogens is 2. The molecule has 3 rings (SSSR count). The number of rotatable bonds is 5. The molecule has 0 saturated carbocycles. The van der Waals surface area contributed by atoms with Crippen LogP contribution in [-0.2, 0) is 10.2 Å². The first-order chi connectivity index (χ1) is 12.8. The lowest BCUT2D eigenvalue weighted by atomic mass is 9.92. The second-order valence-corrected chi connectivity index (χ2v) is 7.18. The van der Waals surface area contributed by atoms with Crippen molar-refractivity contribution in [3.05, 3.63) is 72.2 Å². The van der Waals surface area contributed by atoms with Crippen molar-refractivity contribution in [2.45, 2.75) is 26.2 Å². The van der Waals surface area contributed by atoms with Crippen LogP contribution in [-0.4, -0.2) is 22.3 Å². The Kier molecular flexibility index (Phi) is 5.26. The molecule has 2 aromatic carbocycles. The Hall–Kier alpha value is -3.15. The number of amides is 1. The smallest absolute Gasteiger partial charge is 0.263 e. The Morgan fingerprint density at radius 3 is 2.44 bits per heavy atom. The van der Waals surface area contributed by atoms with Crippen LogP contribution in [0.15, 0.2) is 60.7 Å². The number of anilines is 1. The maximum Gasteiger partial charge on any atom is 0.263 e. The lowest BCUT2D eigenvalue weighted by Crippen LogP contribution is -2.22. The van der Waals surface area contributed by atoms with E-state index in [0.29, 0.717) is 5.82 Å². The van der Waals surface area contributed by atoms with Crippen molar-refractivity contribution in [1.82, 2.24) is 9.78 Å². The molecular weight excluding hydrogens is 345 g/mol. The molecule has 140 valence electrons. The van der Waals surface area contributed by atoms with Crippen molar-refractivity contribution in [2.24, 2.45) is 0 Å². The lowest BCUT2D eigenvalue weighted by molar-refractivity contribution is -0.118. The number of nitrogens with one attached hydrogen (secondary N) is 1. The molecule has 0 radical (unpaired) electrons. The largest absolute Gasteiger partial charge is 0.481 e. The summed E-state index contributed by atoms with van der Waals surface area (Å²) in [5, 5.41) is 7.44. The summed E-state index contributed by atoms with van der Waals surface area (Å²) < 4.78 is 20.6. The average molecular weight is 367 g/mol. The summed E-state index contributed by atoms with van der Waals surface area (Å²) in [7, 11) is 0. The second kappa shape index (κ2) is 7.61. The zero-order valence-corrected chi connectivity index (χ0v) is 15.6. The normalized spacial score (nSPS) is 11.3. The quantitative estimate of drug-likeness (QED) is 0.730. The number of carbonyl (C=O) groups excluding carboxylic acids is 1. The van der Waals surface area contributed by atoms with Crippen molar-refractivity contribution >= 4 is 11.7 Å². The summed E-state index contributed by atoms with van der Waals surface area (Å²) in [5.41, 5.74) is 1.50. The highest BCUT2D eigenvalue weighted by molar-refractivity contribution is 5.91. The first-order valence-electron chi connectivity index (χ1n) is 8.68. The van der Waals surface area contributed by atoms with E-state index in [9.17, 15) is 9.18 Å². The number of hydrogen-bond acceptors (Lipinski definition) is 3. The number of ether oxygens (including phenoxy) is 1. The molecule has 1 aromatic heterocycles. The van der Waals surface area contributed by atoms with Crippen molar-refractivity contribution in [1.29, 1.82) is 0 Å². The Bertz CT molecular complexity index is 930. The maximum atomic E-state index is 13.6. The van der Waals surface area contributed by atoms with E-state index in [4.69, 9.17) is 4.74 Å². The van der Waals surface area contributed by atoms with Crippen molar-refractivity contribution in [2.75, 3.05) is 11.9 Å². The minimum Gasteiger partial charge on any atom is -0.481 e. The van der Waals surface area contributed by atoms with E-state index in [1.54, 1.807) is 16.8 Å². The lowest BCUT2D eigenvalue weighted by Gasteiger charge is -2.14. The maximum absolute atomic E-state index is 13.6. The second-order valence-electron chi connectivity index (χ2n) is 7.18. The predicted molar refractivity (Wildman–Crippen MR) is 103 cm³/mol. The number of nitrogens with zero attached hydrogens (tertiary/aromatic N) is 2. The van der Waals surface area contributed by atoms with E-state index in [-0.39, 0.29) is 17.8 Å². The van der Waals surface area contributed by atoms with Gasteiger partial charge in [-0.1, -0.05) is 51.1 Å². The van der Waals surface area contributed by atoms with E-state index in [1.807, 2.05) is 36.4 Å². The van der Waals surface area contributed by atoms with Gasteiger partial charge in [-0.25, -0.2) is 9.07 Å². The van der Waals surface area contributed by atoms with Gasteiger partial charge in [-0.05, 0) is 24.3 Å². The molecule has 1 amide bonds. The number of carbonyl (C=O) groups is 1. The van der Waals surface area contributed by atoms with E-state index < -0.39 is 11.7 Å². The molecule has 0 fully saturated rings. The number of hydrogen-bond donors (Lipinski definition) is 1. The standard InChI is InChI=1S/C21H22FN3O2/c1-21(2,3)18-13-19(25(24-18)15-9-5-4-6-10-15)23-20(26)14-27-17-12-8-7-11-16(17)22/h4-13H,14H2,1-3H3,(H,23,26). The van der Waals surface area contributed by atoms with Gasteiger partial charge in [0.05, 0.1) is 11.4 Å². The first kappa shape index (κ1) is 18.6. The van der Waals surface area contributed by atoms with Crippen LogP contribution in [0.4, 0.5) is 10.2 Å². The fourth-order valence-corrected chi connectivity index (χ4v) is 2.49. The van der Waals surface area contributed by atoms with Gasteiger partial charge in [0.1, 0.15) is 5.82 Å². The van der Waals surface area contributed by atoms with E-state index in [0.717, 1.165) is 11.4 Å². The molecular formula is C21H22FN3O2.